The maximum Gasteiger partial charge on any atom is 0.325 e. The molecule has 0 aliphatic rings. The number of nitrogens with zero attached hydrogens (tertiary/aromatic N) is 2. The summed E-state index contributed by atoms with van der Waals surface area (Å²) in [6.45, 7) is 0.131. The Hall–Kier alpha value is -1.17. The Morgan fingerprint density at radius 2 is 2.73 bits per heavy atom. The summed E-state index contributed by atoms with van der Waals surface area (Å²) in [6, 6.07) is 0. The summed E-state index contributed by atoms with van der Waals surface area (Å²) in [6.07, 6.45) is 1.42. The van der Waals surface area contributed by atoms with Gasteiger partial charge in [0, 0.05) is 11.5 Å². The second-order valence-corrected chi connectivity index (χ2v) is 2.46. The van der Waals surface area contributed by atoms with Crippen molar-refractivity contribution in [2.24, 2.45) is 0 Å². The van der Waals surface area contributed by atoms with Crippen LogP contribution in [0.3, 0.4) is 0 Å². The van der Waals surface area contributed by atoms with Gasteiger partial charge in [0.05, 0.1) is 7.11 Å². The van der Waals surface area contributed by atoms with E-state index in [1.807, 2.05) is 0 Å². The van der Waals surface area contributed by atoms with Gasteiger partial charge in [0.1, 0.15) is 12.9 Å². The molecule has 5 nitrogen and oxygen atoms in total. The van der Waals surface area contributed by atoms with Crippen LogP contribution in [0, 0.1) is 0 Å². The van der Waals surface area contributed by atoms with Crippen LogP contribution in [-0.2, 0) is 9.53 Å². The number of carbonyl (C=O) groups is 1. The van der Waals surface area contributed by atoms with Crippen molar-refractivity contribution in [2.45, 2.75) is 0 Å². The third-order valence-corrected chi connectivity index (χ3v) is 1.60. The number of nitrogens with one attached hydrogen (secondary N) is 1. The number of esters is 1. The highest BCUT2D eigenvalue weighted by atomic mass is 32.1. The second-order valence-electron chi connectivity index (χ2n) is 1.68. The lowest BCUT2D eigenvalue weighted by Gasteiger charge is -1.98. The van der Waals surface area contributed by atoms with Crippen LogP contribution in [-0.4, -0.2) is 29.0 Å². The van der Waals surface area contributed by atoms with Crippen molar-refractivity contribution in [1.29, 1.82) is 0 Å². The van der Waals surface area contributed by atoms with Crippen molar-refractivity contribution >= 4 is 22.6 Å². The summed E-state index contributed by atoms with van der Waals surface area (Å²) >= 11 is 1.20. The normalized spacial score (nSPS) is 9.18. The van der Waals surface area contributed by atoms with Crippen molar-refractivity contribution in [3.8, 4) is 0 Å². The van der Waals surface area contributed by atoms with Crippen molar-refractivity contribution in [1.82, 2.24) is 9.36 Å². The molecule has 0 atom stereocenters. The Balaban J connectivity index is 2.29. The Kier molecular flexibility index (Phi) is 2.79. The van der Waals surface area contributed by atoms with Crippen LogP contribution in [0.5, 0.6) is 0 Å². The number of anilines is 1. The minimum Gasteiger partial charge on any atom is -0.468 e. The van der Waals surface area contributed by atoms with Crippen LogP contribution in [0.4, 0.5) is 5.13 Å². The molecule has 0 saturated carbocycles. The predicted molar refractivity (Wildman–Crippen MR) is 40.4 cm³/mol. The van der Waals surface area contributed by atoms with E-state index >= 15 is 0 Å². The van der Waals surface area contributed by atoms with E-state index in [0.717, 1.165) is 0 Å². The van der Waals surface area contributed by atoms with Crippen LogP contribution in [0.15, 0.2) is 6.33 Å². The van der Waals surface area contributed by atoms with Gasteiger partial charge in [-0.2, -0.15) is 4.37 Å². The highest BCUT2D eigenvalue weighted by Gasteiger charge is 2.00. The van der Waals surface area contributed by atoms with Crippen molar-refractivity contribution in [3.05, 3.63) is 6.33 Å². The number of methoxy groups -OCH3 is 1. The zero-order chi connectivity index (χ0) is 8.10. The van der Waals surface area contributed by atoms with Crippen molar-refractivity contribution in [3.63, 3.8) is 0 Å². The van der Waals surface area contributed by atoms with Gasteiger partial charge in [-0.25, -0.2) is 4.98 Å². The molecule has 0 radical (unpaired) electrons. The quantitative estimate of drug-likeness (QED) is 0.658. The minimum absolute atomic E-state index is 0.131. The van der Waals surface area contributed by atoms with Crippen LogP contribution in [0.2, 0.25) is 0 Å². The van der Waals surface area contributed by atoms with Crippen LogP contribution < -0.4 is 5.32 Å². The fourth-order valence-corrected chi connectivity index (χ4v) is 0.896. The first-order valence-corrected chi connectivity index (χ1v) is 3.67. The smallest absolute Gasteiger partial charge is 0.325 e. The van der Waals surface area contributed by atoms with Crippen molar-refractivity contribution in [2.75, 3.05) is 19.0 Å². The Bertz CT molecular complexity index is 224. The minimum atomic E-state index is -0.319. The Morgan fingerprint density at radius 3 is 3.27 bits per heavy atom. The summed E-state index contributed by atoms with van der Waals surface area (Å²) in [5.74, 6) is -0.319. The van der Waals surface area contributed by atoms with E-state index in [2.05, 4.69) is 19.4 Å². The molecule has 6 heteroatoms. The molecule has 0 saturated heterocycles. The van der Waals surface area contributed by atoms with Gasteiger partial charge in [-0.1, -0.05) is 0 Å². The molecule has 11 heavy (non-hydrogen) atoms. The molecular weight excluding hydrogens is 166 g/mol. The molecule has 60 valence electrons. The van der Waals surface area contributed by atoms with E-state index in [-0.39, 0.29) is 12.5 Å². The molecule has 0 aliphatic heterocycles. The van der Waals surface area contributed by atoms with Gasteiger partial charge in [0.15, 0.2) is 0 Å². The molecule has 0 aliphatic carbocycles. The molecule has 1 aromatic heterocycles. The average molecular weight is 173 g/mol. The molecule has 0 fully saturated rings. The fourth-order valence-electron chi connectivity index (χ4n) is 0.471. The molecule has 1 N–H and O–H groups in total. The van der Waals surface area contributed by atoms with Gasteiger partial charge in [-0.15, -0.1) is 0 Å². The summed E-state index contributed by atoms with van der Waals surface area (Å²) < 4.78 is 8.15. The van der Waals surface area contributed by atoms with Gasteiger partial charge in [-0.3, -0.25) is 4.79 Å². The summed E-state index contributed by atoms with van der Waals surface area (Å²) in [4.78, 5) is 14.4. The maximum atomic E-state index is 10.6. The third kappa shape index (κ3) is 2.50. The molecule has 0 unspecified atom stereocenters. The fraction of sp³-hybridized carbons (Fsp3) is 0.400. The van der Waals surface area contributed by atoms with Gasteiger partial charge >= 0.3 is 5.97 Å². The van der Waals surface area contributed by atoms with Gasteiger partial charge < -0.3 is 10.1 Å². The lowest BCUT2D eigenvalue weighted by atomic mass is 10.7. The standard InChI is InChI=1S/C5H7N3O2S/c1-10-4(9)2-6-5-7-3-8-11-5/h3H,2H2,1H3,(H,6,7,8). The Labute approximate surface area is 67.6 Å². The number of hydrogen-bond acceptors (Lipinski definition) is 6. The molecule has 0 aromatic carbocycles. The van der Waals surface area contributed by atoms with Gasteiger partial charge in [0.25, 0.3) is 0 Å². The van der Waals surface area contributed by atoms with Crippen LogP contribution in [0.1, 0.15) is 0 Å². The number of ether oxygens (including phenoxy) is 1. The SMILES string of the molecule is COC(=O)CNc1ncns1. The number of rotatable bonds is 3. The molecular formula is C5H7N3O2S. The first-order valence-electron chi connectivity index (χ1n) is 2.90. The zero-order valence-corrected chi connectivity index (χ0v) is 6.72. The largest absolute Gasteiger partial charge is 0.468 e. The number of hydrogen-bond donors (Lipinski definition) is 1. The van der Waals surface area contributed by atoms with Crippen LogP contribution >= 0.6 is 11.5 Å². The van der Waals surface area contributed by atoms with Crippen LogP contribution in [0.25, 0.3) is 0 Å². The topological polar surface area (TPSA) is 64.1 Å². The summed E-state index contributed by atoms with van der Waals surface area (Å²) in [5.41, 5.74) is 0. The van der Waals surface area contributed by atoms with E-state index in [1.54, 1.807) is 0 Å². The summed E-state index contributed by atoms with van der Waals surface area (Å²) in [7, 11) is 1.34. The highest BCUT2D eigenvalue weighted by Crippen LogP contribution is 2.04. The molecule has 1 heterocycles. The second kappa shape index (κ2) is 3.87. The lowest BCUT2D eigenvalue weighted by Crippen LogP contribution is -2.14. The van der Waals surface area contributed by atoms with E-state index < -0.39 is 0 Å². The average Bonchev–Trinajstić information content (AvgIpc) is 2.52. The van der Waals surface area contributed by atoms with E-state index in [1.165, 1.54) is 25.0 Å². The molecule has 0 amide bonds. The van der Waals surface area contributed by atoms with Crippen molar-refractivity contribution < 1.29 is 9.53 Å². The zero-order valence-electron chi connectivity index (χ0n) is 5.90. The molecule has 0 bridgehead atoms. The van der Waals surface area contributed by atoms with E-state index in [9.17, 15) is 4.79 Å². The number of carbonyl (C=O) groups excluding carboxylic acids is 1. The first kappa shape index (κ1) is 7.93. The third-order valence-electron chi connectivity index (χ3n) is 0.973. The highest BCUT2D eigenvalue weighted by molar-refractivity contribution is 7.09. The number of aromatic nitrogens is 2. The lowest BCUT2D eigenvalue weighted by molar-refractivity contribution is -0.138. The predicted octanol–water partition coefficient (Wildman–Crippen LogP) is 0.123. The molecule has 1 aromatic rings. The maximum absolute atomic E-state index is 10.6. The molecule has 1 rings (SSSR count). The van der Waals surface area contributed by atoms with E-state index in [4.69, 9.17) is 0 Å². The first-order chi connectivity index (χ1) is 5.33. The Morgan fingerprint density at radius 1 is 1.91 bits per heavy atom. The van der Waals surface area contributed by atoms with Gasteiger partial charge in [0.2, 0.25) is 5.13 Å². The monoisotopic (exact) mass is 173 g/mol. The van der Waals surface area contributed by atoms with E-state index in [0.29, 0.717) is 5.13 Å². The summed E-state index contributed by atoms with van der Waals surface area (Å²) in [5, 5.41) is 3.37. The molecule has 0 spiro atoms. The van der Waals surface area contributed by atoms with Gasteiger partial charge in [-0.05, 0) is 0 Å².